The van der Waals surface area contributed by atoms with E-state index < -0.39 is 30.4 Å². The number of aliphatic hydroxyl groups is 1. The molecule has 4 nitrogen and oxygen atoms in total. The summed E-state index contributed by atoms with van der Waals surface area (Å²) < 4.78 is 67.3. The lowest BCUT2D eigenvalue weighted by Crippen LogP contribution is -2.17. The average molecular weight is 344 g/mol. The number of hydrogen-bond donors (Lipinski definition) is 2. The third-order valence-corrected chi connectivity index (χ3v) is 3.26. The van der Waals surface area contributed by atoms with Crippen molar-refractivity contribution in [1.29, 1.82) is 0 Å². The van der Waals surface area contributed by atoms with Crippen LogP contribution >= 0.6 is 0 Å². The molecule has 0 atom stereocenters. The summed E-state index contributed by atoms with van der Waals surface area (Å²) in [5.41, 5.74) is 0.644. The van der Waals surface area contributed by atoms with Crippen molar-refractivity contribution >= 4 is 11.0 Å². The van der Waals surface area contributed by atoms with Gasteiger partial charge < -0.3 is 14.8 Å². The lowest BCUT2D eigenvalue weighted by Gasteiger charge is -2.11. The predicted molar refractivity (Wildman–Crippen MR) is 74.1 cm³/mol. The van der Waals surface area contributed by atoms with Gasteiger partial charge in [-0.2, -0.15) is 0 Å². The van der Waals surface area contributed by atoms with Crippen molar-refractivity contribution in [3.63, 3.8) is 0 Å². The van der Waals surface area contributed by atoms with Gasteiger partial charge in [-0.1, -0.05) is 6.07 Å². The Morgan fingerprint density at radius 3 is 2.46 bits per heavy atom. The predicted octanol–water partition coefficient (Wildman–Crippen LogP) is 3.90. The highest BCUT2D eigenvalue weighted by molar-refractivity contribution is 5.80. The summed E-state index contributed by atoms with van der Waals surface area (Å²) in [6.07, 6.45) is -4.88. The van der Waals surface area contributed by atoms with E-state index in [-0.39, 0.29) is 28.0 Å². The normalized spacial score (nSPS) is 11.9. The van der Waals surface area contributed by atoms with Crippen molar-refractivity contribution in [1.82, 2.24) is 9.97 Å². The first kappa shape index (κ1) is 16.2. The van der Waals surface area contributed by atoms with Gasteiger partial charge in [-0.05, 0) is 17.7 Å². The van der Waals surface area contributed by atoms with Gasteiger partial charge in [0.05, 0.1) is 17.6 Å². The maximum atomic E-state index is 13.2. The van der Waals surface area contributed by atoms with E-state index >= 15 is 0 Å². The van der Waals surface area contributed by atoms with E-state index in [0.29, 0.717) is 0 Å². The smallest absolute Gasteiger partial charge is 0.406 e. The Morgan fingerprint density at radius 2 is 1.79 bits per heavy atom. The molecule has 1 heterocycles. The zero-order valence-electron chi connectivity index (χ0n) is 11.8. The maximum Gasteiger partial charge on any atom is 0.573 e. The third-order valence-electron chi connectivity index (χ3n) is 3.26. The monoisotopic (exact) mass is 344 g/mol. The Kier molecular flexibility index (Phi) is 3.88. The number of ether oxygens (including phenoxy) is 1. The Balaban J connectivity index is 2.11. The fourth-order valence-corrected chi connectivity index (χ4v) is 2.24. The lowest BCUT2D eigenvalue weighted by atomic mass is 10.1. The first-order chi connectivity index (χ1) is 11.3. The quantitative estimate of drug-likeness (QED) is 0.709. The van der Waals surface area contributed by atoms with E-state index in [0.717, 1.165) is 24.3 Å². The molecule has 126 valence electrons. The molecule has 0 saturated heterocycles. The fraction of sp³-hybridized carbons (Fsp3) is 0.133. The van der Waals surface area contributed by atoms with Crippen LogP contribution in [0.5, 0.6) is 5.75 Å². The van der Waals surface area contributed by atoms with E-state index in [1.54, 1.807) is 0 Å². The van der Waals surface area contributed by atoms with Gasteiger partial charge in [-0.15, -0.1) is 13.2 Å². The van der Waals surface area contributed by atoms with Gasteiger partial charge >= 0.3 is 6.36 Å². The minimum absolute atomic E-state index is 0.0478. The Bertz CT molecular complexity index is 866. The SMILES string of the molecule is OCc1ccc(OC(F)(F)F)cc1-c1nc2cc(F)c(F)cc2[nH]1. The van der Waals surface area contributed by atoms with Crippen molar-refractivity contribution in [2.75, 3.05) is 0 Å². The van der Waals surface area contributed by atoms with Gasteiger partial charge in [0, 0.05) is 17.7 Å². The number of aromatic amines is 1. The van der Waals surface area contributed by atoms with Crippen molar-refractivity contribution < 1.29 is 31.8 Å². The van der Waals surface area contributed by atoms with Crippen LogP contribution in [0.3, 0.4) is 0 Å². The van der Waals surface area contributed by atoms with E-state index in [2.05, 4.69) is 14.7 Å². The Morgan fingerprint density at radius 1 is 1.08 bits per heavy atom. The molecule has 0 spiro atoms. The summed E-state index contributed by atoms with van der Waals surface area (Å²) in [6, 6.07) is 5.06. The van der Waals surface area contributed by atoms with Crippen LogP contribution in [-0.2, 0) is 6.61 Å². The number of rotatable bonds is 3. The van der Waals surface area contributed by atoms with Crippen molar-refractivity contribution in [2.24, 2.45) is 0 Å². The number of hydrogen-bond acceptors (Lipinski definition) is 3. The number of aromatic nitrogens is 2. The van der Waals surface area contributed by atoms with Crippen LogP contribution in [0.15, 0.2) is 30.3 Å². The first-order valence-electron chi connectivity index (χ1n) is 6.61. The molecule has 0 radical (unpaired) electrons. The molecule has 2 N–H and O–H groups in total. The van der Waals surface area contributed by atoms with Crippen molar-refractivity contribution in [3.8, 4) is 17.1 Å². The summed E-state index contributed by atoms with van der Waals surface area (Å²) in [4.78, 5) is 6.70. The topological polar surface area (TPSA) is 58.1 Å². The first-order valence-corrected chi connectivity index (χ1v) is 6.61. The van der Waals surface area contributed by atoms with Gasteiger partial charge in [0.25, 0.3) is 0 Å². The second-order valence-electron chi connectivity index (χ2n) is 4.89. The van der Waals surface area contributed by atoms with Gasteiger partial charge in [-0.3, -0.25) is 0 Å². The summed E-state index contributed by atoms with van der Waals surface area (Å²) in [7, 11) is 0. The second-order valence-corrected chi connectivity index (χ2v) is 4.89. The molecule has 0 aliphatic rings. The summed E-state index contributed by atoms with van der Waals surface area (Å²) in [6.45, 7) is -0.471. The van der Waals surface area contributed by atoms with E-state index in [4.69, 9.17) is 0 Å². The maximum absolute atomic E-state index is 13.2. The zero-order valence-corrected chi connectivity index (χ0v) is 11.8. The average Bonchev–Trinajstić information content (AvgIpc) is 2.88. The largest absolute Gasteiger partial charge is 0.573 e. The molecule has 3 rings (SSSR count). The van der Waals surface area contributed by atoms with Crippen LogP contribution < -0.4 is 4.74 Å². The minimum atomic E-state index is -4.88. The van der Waals surface area contributed by atoms with Gasteiger partial charge in [0.1, 0.15) is 11.6 Å². The van der Waals surface area contributed by atoms with Crippen LogP contribution in [0.25, 0.3) is 22.4 Å². The van der Waals surface area contributed by atoms with Crippen LogP contribution in [-0.4, -0.2) is 21.4 Å². The Labute approximate surface area is 131 Å². The zero-order chi connectivity index (χ0) is 17.5. The number of alkyl halides is 3. The summed E-state index contributed by atoms with van der Waals surface area (Å²) in [5, 5.41) is 9.34. The molecule has 0 saturated carbocycles. The highest BCUT2D eigenvalue weighted by atomic mass is 19.4. The van der Waals surface area contributed by atoms with E-state index in [1.165, 1.54) is 6.07 Å². The van der Waals surface area contributed by atoms with E-state index in [9.17, 15) is 27.1 Å². The van der Waals surface area contributed by atoms with Crippen molar-refractivity contribution in [2.45, 2.75) is 13.0 Å². The molecule has 1 aromatic heterocycles. The molecule has 0 aliphatic heterocycles. The molecular formula is C15H9F5N2O2. The number of H-pyrrole nitrogens is 1. The molecule has 0 unspecified atom stereocenters. The highest BCUT2D eigenvalue weighted by Gasteiger charge is 2.31. The third kappa shape index (κ3) is 3.16. The molecule has 0 amide bonds. The summed E-state index contributed by atoms with van der Waals surface area (Å²) >= 11 is 0. The molecular weight excluding hydrogens is 335 g/mol. The highest BCUT2D eigenvalue weighted by Crippen LogP contribution is 2.31. The van der Waals surface area contributed by atoms with Gasteiger partial charge in [-0.25, -0.2) is 13.8 Å². The number of benzene rings is 2. The van der Waals surface area contributed by atoms with Crippen LogP contribution in [0.2, 0.25) is 0 Å². The number of nitrogens with zero attached hydrogens (tertiary/aromatic N) is 1. The molecule has 24 heavy (non-hydrogen) atoms. The van der Waals surface area contributed by atoms with Crippen molar-refractivity contribution in [3.05, 3.63) is 47.5 Å². The number of aliphatic hydroxyl groups excluding tert-OH is 1. The molecule has 0 bridgehead atoms. The summed E-state index contributed by atoms with van der Waals surface area (Å²) in [5.74, 6) is -2.65. The molecule has 2 aromatic carbocycles. The van der Waals surface area contributed by atoms with Gasteiger partial charge in [0.15, 0.2) is 11.6 Å². The standard InChI is InChI=1S/C15H9F5N2O2/c16-10-4-12-13(5-11(10)17)22-14(21-12)9-3-8(24-15(18,19)20)2-1-7(9)6-23/h1-5,23H,6H2,(H,21,22). The number of fused-ring (bicyclic) bond motifs is 1. The lowest BCUT2D eigenvalue weighted by molar-refractivity contribution is -0.274. The molecule has 3 aromatic rings. The minimum Gasteiger partial charge on any atom is -0.406 e. The van der Waals surface area contributed by atoms with Crippen LogP contribution in [0, 0.1) is 11.6 Å². The molecule has 9 heteroatoms. The second kappa shape index (κ2) is 5.75. The molecule has 0 aliphatic carbocycles. The van der Waals surface area contributed by atoms with Crippen LogP contribution in [0.4, 0.5) is 22.0 Å². The molecule has 0 fully saturated rings. The van der Waals surface area contributed by atoms with E-state index in [1.807, 2.05) is 0 Å². The number of nitrogens with one attached hydrogen (secondary N) is 1. The number of halogens is 5. The fourth-order valence-electron chi connectivity index (χ4n) is 2.24. The Hall–Kier alpha value is -2.68. The van der Waals surface area contributed by atoms with Crippen LogP contribution in [0.1, 0.15) is 5.56 Å². The number of imidazole rings is 1. The van der Waals surface area contributed by atoms with Gasteiger partial charge in [0.2, 0.25) is 0 Å².